The molecule has 94 valence electrons. The van der Waals surface area contributed by atoms with Gasteiger partial charge in [-0.25, -0.2) is 0 Å². The van der Waals surface area contributed by atoms with Crippen LogP contribution in [0.5, 0.6) is 0 Å². The molecular weight excluding hydrogens is 214 g/mol. The third kappa shape index (κ3) is 3.19. The number of hydrogen-bond acceptors (Lipinski definition) is 3. The molecule has 0 aliphatic carbocycles. The van der Waals surface area contributed by atoms with E-state index in [1.807, 2.05) is 24.9 Å². The molecule has 0 spiro atoms. The van der Waals surface area contributed by atoms with Gasteiger partial charge in [0.05, 0.1) is 0 Å². The molecule has 1 N–H and O–H groups in total. The number of carbonyl (C=O) groups excluding carboxylic acids is 1. The minimum absolute atomic E-state index is 0.000972. The predicted molar refractivity (Wildman–Crippen MR) is 70.2 cm³/mol. The zero-order chi connectivity index (χ0) is 12.8. The number of anilines is 1. The molecule has 0 saturated heterocycles. The first-order valence-electron chi connectivity index (χ1n) is 6.08. The summed E-state index contributed by atoms with van der Waals surface area (Å²) in [6.07, 6.45) is 2.61. The van der Waals surface area contributed by atoms with Crippen LogP contribution in [0.1, 0.15) is 37.7 Å². The maximum atomic E-state index is 12.3. The van der Waals surface area contributed by atoms with Gasteiger partial charge in [-0.15, -0.1) is 0 Å². The molecule has 0 aliphatic rings. The molecule has 0 bridgehead atoms. The topological polar surface area (TPSA) is 45.2 Å². The number of aromatic nitrogens is 1. The predicted octanol–water partition coefficient (Wildman–Crippen LogP) is 2.38. The molecule has 0 aromatic carbocycles. The van der Waals surface area contributed by atoms with Crippen LogP contribution in [-0.4, -0.2) is 35.4 Å². The highest BCUT2D eigenvalue weighted by atomic mass is 16.2. The van der Waals surface area contributed by atoms with Crippen LogP contribution in [0, 0.1) is 0 Å². The molecule has 1 atom stereocenters. The first-order chi connectivity index (χ1) is 8.13. The summed E-state index contributed by atoms with van der Waals surface area (Å²) in [5.41, 5.74) is 1.41. The molecule has 0 saturated carbocycles. The van der Waals surface area contributed by atoms with Crippen molar-refractivity contribution < 1.29 is 4.79 Å². The fraction of sp³-hybridized carbons (Fsp3) is 0.538. The molecule has 0 radical (unpaired) electrons. The lowest BCUT2D eigenvalue weighted by molar-refractivity contribution is 0.0694. The number of rotatable bonds is 5. The van der Waals surface area contributed by atoms with Crippen molar-refractivity contribution in [2.45, 2.75) is 33.2 Å². The largest absolute Gasteiger partial charge is 0.388 e. The van der Waals surface area contributed by atoms with Gasteiger partial charge in [-0.2, -0.15) is 0 Å². The summed E-state index contributed by atoms with van der Waals surface area (Å²) < 4.78 is 0. The van der Waals surface area contributed by atoms with Crippen LogP contribution in [0.2, 0.25) is 0 Å². The van der Waals surface area contributed by atoms with Gasteiger partial charge in [0, 0.05) is 31.5 Å². The third-order valence-corrected chi connectivity index (χ3v) is 2.99. The van der Waals surface area contributed by atoms with Crippen LogP contribution in [-0.2, 0) is 0 Å². The summed E-state index contributed by atoms with van der Waals surface area (Å²) in [6, 6.07) is 3.87. The Labute approximate surface area is 103 Å². The number of nitrogens with one attached hydrogen (secondary N) is 1. The molecular formula is C13H21N3O. The zero-order valence-electron chi connectivity index (χ0n) is 11.0. The molecule has 1 rings (SSSR count). The fourth-order valence-corrected chi connectivity index (χ4v) is 1.73. The van der Waals surface area contributed by atoms with Crippen molar-refractivity contribution in [3.63, 3.8) is 0 Å². The van der Waals surface area contributed by atoms with E-state index in [-0.39, 0.29) is 11.9 Å². The molecule has 17 heavy (non-hydrogen) atoms. The van der Waals surface area contributed by atoms with Crippen LogP contribution >= 0.6 is 0 Å². The van der Waals surface area contributed by atoms with Gasteiger partial charge >= 0.3 is 0 Å². The second-order valence-electron chi connectivity index (χ2n) is 4.03. The third-order valence-electron chi connectivity index (χ3n) is 2.99. The lowest BCUT2D eigenvalue weighted by Gasteiger charge is -2.26. The van der Waals surface area contributed by atoms with Crippen molar-refractivity contribution in [1.29, 1.82) is 0 Å². The van der Waals surface area contributed by atoms with E-state index in [2.05, 4.69) is 24.1 Å². The van der Waals surface area contributed by atoms with Gasteiger partial charge in [0.25, 0.3) is 5.91 Å². The van der Waals surface area contributed by atoms with Crippen LogP contribution in [0.3, 0.4) is 0 Å². The Morgan fingerprint density at radius 1 is 1.53 bits per heavy atom. The number of hydrogen-bond donors (Lipinski definition) is 1. The quantitative estimate of drug-likeness (QED) is 0.852. The normalized spacial score (nSPS) is 12.0. The van der Waals surface area contributed by atoms with E-state index in [1.54, 1.807) is 12.3 Å². The van der Waals surface area contributed by atoms with E-state index in [9.17, 15) is 4.79 Å². The van der Waals surface area contributed by atoms with E-state index < -0.39 is 0 Å². The standard InChI is InChI=1S/C13H21N3O/c1-5-10(3)16(6-2)13(17)12-9-11(14-4)7-8-15-12/h7-10H,5-6H2,1-4H3,(H,14,15). The molecule has 1 heterocycles. The number of pyridine rings is 1. The maximum absolute atomic E-state index is 12.3. The highest BCUT2D eigenvalue weighted by molar-refractivity contribution is 5.93. The minimum atomic E-state index is -0.000972. The summed E-state index contributed by atoms with van der Waals surface area (Å²) in [5.74, 6) is -0.000972. The fourth-order valence-electron chi connectivity index (χ4n) is 1.73. The highest BCUT2D eigenvalue weighted by Crippen LogP contribution is 2.12. The molecule has 4 heteroatoms. The lowest BCUT2D eigenvalue weighted by Crippen LogP contribution is -2.38. The summed E-state index contributed by atoms with van der Waals surface area (Å²) in [7, 11) is 1.83. The Kier molecular flexibility index (Phi) is 4.94. The second kappa shape index (κ2) is 6.23. The van der Waals surface area contributed by atoms with E-state index in [4.69, 9.17) is 0 Å². The second-order valence-corrected chi connectivity index (χ2v) is 4.03. The van der Waals surface area contributed by atoms with E-state index >= 15 is 0 Å². The van der Waals surface area contributed by atoms with E-state index in [1.165, 1.54) is 0 Å². The van der Waals surface area contributed by atoms with Crippen molar-refractivity contribution in [3.8, 4) is 0 Å². The van der Waals surface area contributed by atoms with E-state index in [0.717, 1.165) is 12.1 Å². The van der Waals surface area contributed by atoms with Gasteiger partial charge in [-0.1, -0.05) is 6.92 Å². The van der Waals surface area contributed by atoms with Crippen molar-refractivity contribution in [2.75, 3.05) is 18.9 Å². The molecule has 4 nitrogen and oxygen atoms in total. The number of nitrogens with zero attached hydrogens (tertiary/aromatic N) is 2. The van der Waals surface area contributed by atoms with Crippen LogP contribution in [0.15, 0.2) is 18.3 Å². The summed E-state index contributed by atoms with van der Waals surface area (Å²) in [5, 5.41) is 3.01. The molecule has 1 amide bonds. The lowest BCUT2D eigenvalue weighted by atomic mass is 10.2. The van der Waals surface area contributed by atoms with Gasteiger partial charge in [0.2, 0.25) is 0 Å². The number of carbonyl (C=O) groups is 1. The molecule has 1 unspecified atom stereocenters. The monoisotopic (exact) mass is 235 g/mol. The first-order valence-corrected chi connectivity index (χ1v) is 6.08. The SMILES string of the molecule is CCC(C)N(CC)C(=O)c1cc(NC)ccn1. The van der Waals surface area contributed by atoms with Crippen molar-refractivity contribution in [2.24, 2.45) is 0 Å². The zero-order valence-corrected chi connectivity index (χ0v) is 11.0. The van der Waals surface area contributed by atoms with Crippen molar-refractivity contribution >= 4 is 11.6 Å². The minimum Gasteiger partial charge on any atom is -0.388 e. The number of amides is 1. The average Bonchev–Trinajstić information content (AvgIpc) is 2.39. The van der Waals surface area contributed by atoms with Crippen molar-refractivity contribution in [1.82, 2.24) is 9.88 Å². The Hall–Kier alpha value is -1.58. The Bertz CT molecular complexity index is 379. The van der Waals surface area contributed by atoms with Crippen molar-refractivity contribution in [3.05, 3.63) is 24.0 Å². The van der Waals surface area contributed by atoms with Crippen LogP contribution in [0.4, 0.5) is 5.69 Å². The van der Waals surface area contributed by atoms with Crippen LogP contribution in [0.25, 0.3) is 0 Å². The van der Waals surface area contributed by atoms with Crippen LogP contribution < -0.4 is 5.32 Å². The van der Waals surface area contributed by atoms with Gasteiger partial charge < -0.3 is 10.2 Å². The Morgan fingerprint density at radius 3 is 2.76 bits per heavy atom. The van der Waals surface area contributed by atoms with Gasteiger partial charge in [0.15, 0.2) is 0 Å². The average molecular weight is 235 g/mol. The Balaban J connectivity index is 2.93. The van der Waals surface area contributed by atoms with Gasteiger partial charge in [0.1, 0.15) is 5.69 Å². The molecule has 1 aromatic heterocycles. The maximum Gasteiger partial charge on any atom is 0.272 e. The summed E-state index contributed by atoms with van der Waals surface area (Å²) in [6.45, 7) is 6.84. The smallest absolute Gasteiger partial charge is 0.272 e. The Morgan fingerprint density at radius 2 is 2.24 bits per heavy atom. The molecule has 1 aromatic rings. The van der Waals surface area contributed by atoms with E-state index in [0.29, 0.717) is 12.2 Å². The van der Waals surface area contributed by atoms with Gasteiger partial charge in [-0.3, -0.25) is 9.78 Å². The summed E-state index contributed by atoms with van der Waals surface area (Å²) in [4.78, 5) is 18.3. The van der Waals surface area contributed by atoms with Gasteiger partial charge in [-0.05, 0) is 32.4 Å². The summed E-state index contributed by atoms with van der Waals surface area (Å²) >= 11 is 0. The molecule has 0 aliphatic heterocycles. The molecule has 0 fully saturated rings. The first kappa shape index (κ1) is 13.5. The highest BCUT2D eigenvalue weighted by Gasteiger charge is 2.19.